The van der Waals surface area contributed by atoms with Crippen molar-refractivity contribution in [1.29, 1.82) is 0 Å². The van der Waals surface area contributed by atoms with Gasteiger partial charge in [0.2, 0.25) is 0 Å². The number of nitrogens with one attached hydrogen (secondary N) is 1. The molecule has 19 heavy (non-hydrogen) atoms. The summed E-state index contributed by atoms with van der Waals surface area (Å²) in [5, 5.41) is 3.26. The quantitative estimate of drug-likeness (QED) is 0.816. The van der Waals surface area contributed by atoms with Crippen LogP contribution >= 0.6 is 0 Å². The molecule has 0 unspecified atom stereocenters. The van der Waals surface area contributed by atoms with Crippen LogP contribution in [-0.4, -0.2) is 12.3 Å². The third kappa shape index (κ3) is 3.68. The topological polar surface area (TPSA) is 29.1 Å². The number of ketones is 1. The molecule has 0 amide bonds. The molecule has 0 aliphatic carbocycles. The maximum Gasteiger partial charge on any atom is 0.164 e. The van der Waals surface area contributed by atoms with Crippen molar-refractivity contribution in [2.75, 3.05) is 11.9 Å². The summed E-state index contributed by atoms with van der Waals surface area (Å²) < 4.78 is 0. The minimum atomic E-state index is 0.195. The minimum absolute atomic E-state index is 0.195. The molecule has 0 spiro atoms. The molecule has 2 aromatic carbocycles. The molecule has 1 N–H and O–H groups in total. The zero-order chi connectivity index (χ0) is 13.7. The number of anilines is 1. The van der Waals surface area contributed by atoms with Crippen molar-refractivity contribution in [3.05, 3.63) is 65.2 Å². The lowest BCUT2D eigenvalue weighted by molar-refractivity contribution is 0.0986. The van der Waals surface area contributed by atoms with Gasteiger partial charge >= 0.3 is 0 Å². The summed E-state index contributed by atoms with van der Waals surface area (Å²) in [6.07, 6.45) is 0.513. The number of benzene rings is 2. The van der Waals surface area contributed by atoms with Crippen molar-refractivity contribution in [2.24, 2.45) is 0 Å². The first-order valence-electron chi connectivity index (χ1n) is 6.56. The van der Waals surface area contributed by atoms with Crippen molar-refractivity contribution >= 4 is 11.5 Å². The van der Waals surface area contributed by atoms with Crippen LogP contribution in [-0.2, 0) is 0 Å². The molecule has 2 aromatic rings. The molecule has 2 nitrogen and oxygen atoms in total. The van der Waals surface area contributed by atoms with E-state index in [0.29, 0.717) is 13.0 Å². The maximum absolute atomic E-state index is 12.1. The van der Waals surface area contributed by atoms with E-state index >= 15 is 0 Å². The van der Waals surface area contributed by atoms with Crippen LogP contribution in [0, 0.1) is 13.8 Å². The SMILES string of the molecule is Cc1ccc(C(=O)CCNc2ccccc2)c(C)c1. The number of aryl methyl sites for hydroxylation is 2. The van der Waals surface area contributed by atoms with E-state index in [9.17, 15) is 4.79 Å². The summed E-state index contributed by atoms with van der Waals surface area (Å²) in [7, 11) is 0. The molecule has 0 saturated carbocycles. The first-order valence-corrected chi connectivity index (χ1v) is 6.56. The molecule has 2 rings (SSSR count). The number of para-hydroxylation sites is 1. The van der Waals surface area contributed by atoms with E-state index in [2.05, 4.69) is 11.4 Å². The molecule has 0 heterocycles. The summed E-state index contributed by atoms with van der Waals surface area (Å²) in [6, 6.07) is 15.9. The van der Waals surface area contributed by atoms with Crippen molar-refractivity contribution in [1.82, 2.24) is 0 Å². The number of rotatable bonds is 5. The van der Waals surface area contributed by atoms with Crippen molar-refractivity contribution < 1.29 is 4.79 Å². The highest BCUT2D eigenvalue weighted by Crippen LogP contribution is 2.13. The van der Waals surface area contributed by atoms with Gasteiger partial charge in [0.1, 0.15) is 0 Å². The fourth-order valence-electron chi connectivity index (χ4n) is 2.14. The van der Waals surface area contributed by atoms with Crippen molar-refractivity contribution in [3.63, 3.8) is 0 Å². The number of carbonyl (C=O) groups excluding carboxylic acids is 1. The zero-order valence-electron chi connectivity index (χ0n) is 11.4. The highest BCUT2D eigenvalue weighted by atomic mass is 16.1. The summed E-state index contributed by atoms with van der Waals surface area (Å²) in [5.74, 6) is 0.195. The molecule has 0 fully saturated rings. The summed E-state index contributed by atoms with van der Waals surface area (Å²) in [4.78, 5) is 12.1. The highest BCUT2D eigenvalue weighted by molar-refractivity contribution is 5.97. The standard InChI is InChI=1S/C17H19NO/c1-13-8-9-16(14(2)12-13)17(19)10-11-18-15-6-4-3-5-7-15/h3-9,12,18H,10-11H2,1-2H3. The van der Waals surface area contributed by atoms with Crippen LogP contribution < -0.4 is 5.32 Å². The second kappa shape index (κ2) is 6.19. The molecule has 2 heteroatoms. The van der Waals surface area contributed by atoms with Crippen molar-refractivity contribution in [3.8, 4) is 0 Å². The zero-order valence-corrected chi connectivity index (χ0v) is 11.4. The summed E-state index contributed by atoms with van der Waals surface area (Å²) >= 11 is 0. The van der Waals surface area contributed by atoms with Crippen LogP contribution in [0.25, 0.3) is 0 Å². The van der Waals surface area contributed by atoms with Gasteiger partial charge in [-0.25, -0.2) is 0 Å². The Bertz CT molecular complexity index is 561. The lowest BCUT2D eigenvalue weighted by atomic mass is 10.0. The van der Waals surface area contributed by atoms with E-state index < -0.39 is 0 Å². The van der Waals surface area contributed by atoms with Crippen LogP contribution in [0.3, 0.4) is 0 Å². The van der Waals surface area contributed by atoms with Gasteiger partial charge in [-0.05, 0) is 31.5 Å². The molecule has 98 valence electrons. The van der Waals surface area contributed by atoms with E-state index in [1.54, 1.807) is 0 Å². The van der Waals surface area contributed by atoms with Crippen LogP contribution in [0.2, 0.25) is 0 Å². The average molecular weight is 253 g/mol. The van der Waals surface area contributed by atoms with Gasteiger partial charge in [0.15, 0.2) is 5.78 Å². The molecule has 0 aromatic heterocycles. The van der Waals surface area contributed by atoms with Gasteiger partial charge in [0.25, 0.3) is 0 Å². The molecule has 0 bridgehead atoms. The summed E-state index contributed by atoms with van der Waals surface area (Å²) in [6.45, 7) is 4.69. The fraction of sp³-hybridized carbons (Fsp3) is 0.235. The first kappa shape index (κ1) is 13.3. The van der Waals surface area contributed by atoms with E-state index in [-0.39, 0.29) is 5.78 Å². The molecule has 0 aliphatic heterocycles. The van der Waals surface area contributed by atoms with Gasteiger partial charge in [-0.2, -0.15) is 0 Å². The lowest BCUT2D eigenvalue weighted by Crippen LogP contribution is -2.10. The highest BCUT2D eigenvalue weighted by Gasteiger charge is 2.08. The Morgan fingerprint density at radius 3 is 2.47 bits per heavy atom. The number of hydrogen-bond acceptors (Lipinski definition) is 2. The molecular weight excluding hydrogens is 234 g/mol. The third-order valence-electron chi connectivity index (χ3n) is 3.14. The van der Waals surface area contributed by atoms with E-state index in [1.807, 2.05) is 56.3 Å². The number of Topliss-reactive ketones (excluding diaryl/α,β-unsaturated/α-hetero) is 1. The van der Waals surface area contributed by atoms with Gasteiger partial charge in [-0.3, -0.25) is 4.79 Å². The summed E-state index contributed by atoms with van der Waals surface area (Å²) in [5.41, 5.74) is 4.14. The predicted molar refractivity (Wildman–Crippen MR) is 79.8 cm³/mol. The van der Waals surface area contributed by atoms with Crippen LogP contribution in [0.4, 0.5) is 5.69 Å². The maximum atomic E-state index is 12.1. The minimum Gasteiger partial charge on any atom is -0.385 e. The van der Waals surface area contributed by atoms with Crippen LogP contribution in [0.1, 0.15) is 27.9 Å². The Morgan fingerprint density at radius 1 is 1.05 bits per heavy atom. The second-order valence-electron chi connectivity index (χ2n) is 4.78. The van der Waals surface area contributed by atoms with Gasteiger partial charge in [-0.15, -0.1) is 0 Å². The van der Waals surface area contributed by atoms with E-state index in [4.69, 9.17) is 0 Å². The lowest BCUT2D eigenvalue weighted by Gasteiger charge is -2.08. The van der Waals surface area contributed by atoms with Gasteiger partial charge in [0, 0.05) is 24.2 Å². The normalized spacial score (nSPS) is 10.2. The van der Waals surface area contributed by atoms with Crippen LogP contribution in [0.5, 0.6) is 0 Å². The second-order valence-corrected chi connectivity index (χ2v) is 4.78. The average Bonchev–Trinajstić information content (AvgIpc) is 2.39. The largest absolute Gasteiger partial charge is 0.385 e. The Labute approximate surface area is 114 Å². The Balaban J connectivity index is 1.91. The first-order chi connectivity index (χ1) is 9.16. The number of hydrogen-bond donors (Lipinski definition) is 1. The predicted octanol–water partition coefficient (Wildman–Crippen LogP) is 3.99. The monoisotopic (exact) mass is 253 g/mol. The Kier molecular flexibility index (Phi) is 4.35. The van der Waals surface area contributed by atoms with E-state index in [0.717, 1.165) is 16.8 Å². The third-order valence-corrected chi connectivity index (χ3v) is 3.14. The Morgan fingerprint density at radius 2 is 1.79 bits per heavy atom. The molecule has 0 aliphatic rings. The van der Waals surface area contributed by atoms with E-state index in [1.165, 1.54) is 5.56 Å². The van der Waals surface area contributed by atoms with Crippen LogP contribution in [0.15, 0.2) is 48.5 Å². The Hall–Kier alpha value is -2.09. The molecule has 0 atom stereocenters. The van der Waals surface area contributed by atoms with Gasteiger partial charge < -0.3 is 5.32 Å². The molecule has 0 saturated heterocycles. The molecule has 0 radical (unpaired) electrons. The van der Waals surface area contributed by atoms with Crippen molar-refractivity contribution in [2.45, 2.75) is 20.3 Å². The van der Waals surface area contributed by atoms with Gasteiger partial charge in [0.05, 0.1) is 0 Å². The smallest absolute Gasteiger partial charge is 0.164 e. The molecular formula is C17H19NO. The van der Waals surface area contributed by atoms with Gasteiger partial charge in [-0.1, -0.05) is 42.0 Å². The fourth-order valence-corrected chi connectivity index (χ4v) is 2.14. The number of carbonyl (C=O) groups is 1.